The van der Waals surface area contributed by atoms with Gasteiger partial charge < -0.3 is 19.4 Å². The zero-order valence-electron chi connectivity index (χ0n) is 22.4. The highest BCUT2D eigenvalue weighted by Crippen LogP contribution is 2.82. The summed E-state index contributed by atoms with van der Waals surface area (Å²) in [6.07, 6.45) is 13.0. The summed E-state index contributed by atoms with van der Waals surface area (Å²) >= 11 is 0. The van der Waals surface area contributed by atoms with E-state index < -0.39 is 11.6 Å². The van der Waals surface area contributed by atoms with E-state index in [4.69, 9.17) is 4.84 Å². The molecule has 8 heteroatoms. The minimum atomic E-state index is -1.53. The Hall–Kier alpha value is -3.16. The molecule has 5 fully saturated rings. The number of hydrogen-bond donors (Lipinski definition) is 1. The maximum absolute atomic E-state index is 13.7. The molecule has 8 nitrogen and oxygen atoms in total. The molecule has 0 aromatic carbocycles. The SMILES string of the molecule is C=Cc1nc(/C(C)=N/OC(C)(C)C(=O)O)c(=O)n([C@@H](C)C[C@@H]2CCCN2C=C2C3CC2C32CC2)c1C=C. The number of carbonyl (C=O) groups is 1. The summed E-state index contributed by atoms with van der Waals surface area (Å²) in [4.78, 5) is 37.4. The van der Waals surface area contributed by atoms with Gasteiger partial charge in [0.1, 0.15) is 5.71 Å². The molecule has 1 spiro atoms. The molecular formula is C29H38N4O4. The number of hydrogen-bond acceptors (Lipinski definition) is 6. The van der Waals surface area contributed by atoms with Gasteiger partial charge in [-0.25, -0.2) is 9.78 Å². The maximum atomic E-state index is 13.7. The number of rotatable bonds is 10. The van der Waals surface area contributed by atoms with Gasteiger partial charge in [-0.15, -0.1) is 0 Å². The molecule has 1 aromatic heterocycles. The van der Waals surface area contributed by atoms with Crippen molar-refractivity contribution in [2.45, 2.75) is 83.9 Å². The third-order valence-corrected chi connectivity index (χ3v) is 9.11. The van der Waals surface area contributed by atoms with E-state index in [0.717, 1.165) is 37.6 Å². The molecule has 1 aliphatic heterocycles. The van der Waals surface area contributed by atoms with Gasteiger partial charge in [-0.05, 0) is 107 Å². The second kappa shape index (κ2) is 8.99. The van der Waals surface area contributed by atoms with E-state index in [1.807, 2.05) is 0 Å². The van der Waals surface area contributed by atoms with Gasteiger partial charge in [-0.2, -0.15) is 0 Å². The summed E-state index contributed by atoms with van der Waals surface area (Å²) in [5.41, 5.74) is 2.01. The highest BCUT2D eigenvalue weighted by molar-refractivity contribution is 5.96. The normalized spacial score (nSPS) is 26.3. The standard InChI is InChI=1S/C29H38N4O4/c1-7-23-24(8-2)33(26(34)25(30-23)18(4)31-37-28(5,6)27(35)36)17(3)14-19-10-9-13-32(19)16-20-21-15-22(20)29(21)11-12-29/h7-8,16-17,19,21-22H,1-2,9-15H2,3-6H3,(H,35,36)/b20-16?,31-18+/t17-,19-,21?,22?/m0/s1. The first-order valence-corrected chi connectivity index (χ1v) is 13.4. The Morgan fingerprint density at radius 1 is 1.32 bits per heavy atom. The first-order valence-electron chi connectivity index (χ1n) is 13.4. The van der Waals surface area contributed by atoms with Crippen LogP contribution in [0.3, 0.4) is 0 Å². The van der Waals surface area contributed by atoms with E-state index in [9.17, 15) is 14.7 Å². The second-order valence-electron chi connectivity index (χ2n) is 11.7. The van der Waals surface area contributed by atoms with Crippen molar-refractivity contribution in [3.8, 4) is 0 Å². The van der Waals surface area contributed by atoms with Crippen LogP contribution >= 0.6 is 0 Å². The van der Waals surface area contributed by atoms with Crippen LogP contribution in [-0.4, -0.2) is 49.4 Å². The number of nitrogens with zero attached hydrogens (tertiary/aromatic N) is 4. The van der Waals surface area contributed by atoms with Gasteiger partial charge >= 0.3 is 5.97 Å². The Bertz CT molecular complexity index is 1260. The molecule has 2 unspecified atom stereocenters. The summed E-state index contributed by atoms with van der Waals surface area (Å²) in [5, 5.41) is 13.3. The van der Waals surface area contributed by atoms with Gasteiger partial charge in [-0.1, -0.05) is 18.3 Å². The van der Waals surface area contributed by atoms with E-state index >= 15 is 0 Å². The lowest BCUT2D eigenvalue weighted by Crippen LogP contribution is -2.55. The number of aromatic nitrogens is 2. The van der Waals surface area contributed by atoms with Gasteiger partial charge in [0.25, 0.3) is 5.56 Å². The molecule has 37 heavy (non-hydrogen) atoms. The average Bonchev–Trinajstić information content (AvgIpc) is 3.58. The molecule has 6 rings (SSSR count). The molecule has 2 bridgehead atoms. The van der Waals surface area contributed by atoms with Crippen molar-refractivity contribution in [3.05, 3.63) is 52.4 Å². The molecule has 5 aliphatic rings. The van der Waals surface area contributed by atoms with Crippen LogP contribution in [0.15, 0.2) is 34.9 Å². The zero-order chi connectivity index (χ0) is 26.7. The summed E-state index contributed by atoms with van der Waals surface area (Å²) < 4.78 is 1.73. The van der Waals surface area contributed by atoms with Crippen LogP contribution in [0.25, 0.3) is 12.2 Å². The molecule has 2 heterocycles. The molecule has 4 aliphatic carbocycles. The monoisotopic (exact) mass is 506 g/mol. The zero-order valence-corrected chi connectivity index (χ0v) is 22.4. The van der Waals surface area contributed by atoms with Crippen molar-refractivity contribution in [2.75, 3.05) is 6.54 Å². The summed E-state index contributed by atoms with van der Waals surface area (Å²) in [7, 11) is 0. The quantitative estimate of drug-likeness (QED) is 0.359. The van der Waals surface area contributed by atoms with Crippen LogP contribution in [0.5, 0.6) is 0 Å². The van der Waals surface area contributed by atoms with Crippen LogP contribution in [0.2, 0.25) is 0 Å². The average molecular weight is 507 g/mol. The number of carboxylic acid groups (broad SMARTS) is 1. The summed E-state index contributed by atoms with van der Waals surface area (Å²) in [6.45, 7) is 15.3. The molecular weight excluding hydrogens is 468 g/mol. The van der Waals surface area contributed by atoms with Crippen molar-refractivity contribution in [1.82, 2.24) is 14.5 Å². The van der Waals surface area contributed by atoms with E-state index in [0.29, 0.717) is 22.8 Å². The summed E-state index contributed by atoms with van der Waals surface area (Å²) in [6, 6.07) is 0.264. The van der Waals surface area contributed by atoms with Crippen molar-refractivity contribution in [3.63, 3.8) is 0 Å². The first-order chi connectivity index (χ1) is 17.5. The van der Waals surface area contributed by atoms with Crippen LogP contribution in [0, 0.1) is 17.3 Å². The Labute approximate surface area is 218 Å². The summed E-state index contributed by atoms with van der Waals surface area (Å²) in [5.74, 6) is 0.513. The highest BCUT2D eigenvalue weighted by atomic mass is 16.7. The fourth-order valence-electron chi connectivity index (χ4n) is 6.57. The molecule has 198 valence electrons. The number of aliphatic carboxylic acids is 1. The third kappa shape index (κ3) is 4.05. The van der Waals surface area contributed by atoms with Gasteiger partial charge in [-0.3, -0.25) is 4.79 Å². The lowest BCUT2D eigenvalue weighted by Gasteiger charge is -2.62. The fourth-order valence-corrected chi connectivity index (χ4v) is 6.57. The van der Waals surface area contributed by atoms with Crippen LogP contribution in [-0.2, 0) is 9.63 Å². The van der Waals surface area contributed by atoms with E-state index in [2.05, 4.69) is 41.3 Å². The molecule has 4 saturated carbocycles. The van der Waals surface area contributed by atoms with Crippen LogP contribution in [0.1, 0.15) is 89.3 Å². The lowest BCUT2D eigenvalue weighted by atomic mass is 9.42. The molecule has 4 atom stereocenters. The van der Waals surface area contributed by atoms with Gasteiger partial charge in [0.15, 0.2) is 5.69 Å². The maximum Gasteiger partial charge on any atom is 0.350 e. The van der Waals surface area contributed by atoms with Crippen molar-refractivity contribution < 1.29 is 14.7 Å². The Balaban J connectivity index is 1.40. The fraction of sp³-hybridized carbons (Fsp3) is 0.586. The van der Waals surface area contributed by atoms with Crippen molar-refractivity contribution in [2.24, 2.45) is 22.4 Å². The van der Waals surface area contributed by atoms with Gasteiger partial charge in [0.2, 0.25) is 5.60 Å². The largest absolute Gasteiger partial charge is 0.478 e. The molecule has 1 N–H and O–H groups in total. The predicted octanol–water partition coefficient (Wildman–Crippen LogP) is 4.86. The van der Waals surface area contributed by atoms with Gasteiger partial charge in [0.05, 0.1) is 11.4 Å². The highest BCUT2D eigenvalue weighted by Gasteiger charge is 2.73. The Kier molecular flexibility index (Phi) is 6.20. The predicted molar refractivity (Wildman–Crippen MR) is 144 cm³/mol. The smallest absolute Gasteiger partial charge is 0.350 e. The second-order valence-corrected chi connectivity index (χ2v) is 11.7. The minimum Gasteiger partial charge on any atom is -0.478 e. The minimum absolute atomic E-state index is 0.111. The molecule has 1 saturated heterocycles. The van der Waals surface area contributed by atoms with Crippen LogP contribution < -0.4 is 5.56 Å². The van der Waals surface area contributed by atoms with Crippen molar-refractivity contribution in [1.29, 1.82) is 0 Å². The third-order valence-electron chi connectivity index (χ3n) is 9.11. The Morgan fingerprint density at radius 3 is 2.59 bits per heavy atom. The first kappa shape index (κ1) is 25.5. The topological polar surface area (TPSA) is 97.0 Å². The van der Waals surface area contributed by atoms with E-state index in [-0.39, 0.29) is 23.0 Å². The number of allylic oxidation sites excluding steroid dienone is 1. The van der Waals surface area contributed by atoms with E-state index in [1.54, 1.807) is 29.2 Å². The molecule has 1 aromatic rings. The molecule has 0 radical (unpaired) electrons. The van der Waals surface area contributed by atoms with Gasteiger partial charge in [0, 0.05) is 18.6 Å². The van der Waals surface area contributed by atoms with Crippen molar-refractivity contribution >= 4 is 23.8 Å². The number of likely N-dealkylation sites (tertiary alicyclic amines) is 1. The Morgan fingerprint density at radius 2 is 2.03 bits per heavy atom. The number of carboxylic acids is 1. The van der Waals surface area contributed by atoms with Crippen LogP contribution in [0.4, 0.5) is 0 Å². The van der Waals surface area contributed by atoms with E-state index in [1.165, 1.54) is 33.1 Å². The lowest BCUT2D eigenvalue weighted by molar-refractivity contribution is -0.161. The number of oxime groups is 1. The molecule has 0 amide bonds.